The zero-order valence-corrected chi connectivity index (χ0v) is 9.27. The topological polar surface area (TPSA) is 29.5 Å². The molecular formula is C9H9BrO2S. The van der Waals surface area contributed by atoms with Gasteiger partial charge in [0.2, 0.25) is 0 Å². The number of ether oxygens (including phenoxy) is 1. The highest BCUT2D eigenvalue weighted by Crippen LogP contribution is 2.31. The van der Waals surface area contributed by atoms with Gasteiger partial charge in [-0.1, -0.05) is 0 Å². The number of thiophene rings is 1. The molecule has 1 atom stereocenters. The third-order valence-electron chi connectivity index (χ3n) is 1.91. The fourth-order valence-corrected chi connectivity index (χ4v) is 2.45. The SMILES string of the molecule is OC(C1=CCCO1)c1csc(Br)c1. The Kier molecular flexibility index (Phi) is 2.71. The maximum absolute atomic E-state index is 9.83. The van der Waals surface area contributed by atoms with Crippen molar-refractivity contribution in [1.29, 1.82) is 0 Å². The van der Waals surface area contributed by atoms with E-state index in [0.717, 1.165) is 15.8 Å². The molecule has 70 valence electrons. The minimum Gasteiger partial charge on any atom is -0.495 e. The van der Waals surface area contributed by atoms with Crippen molar-refractivity contribution < 1.29 is 9.84 Å². The molecule has 1 aliphatic heterocycles. The predicted octanol–water partition coefficient (Wildman–Crippen LogP) is 2.85. The van der Waals surface area contributed by atoms with Gasteiger partial charge in [-0.25, -0.2) is 0 Å². The number of rotatable bonds is 2. The molecule has 0 saturated heterocycles. The molecule has 0 radical (unpaired) electrons. The van der Waals surface area contributed by atoms with Gasteiger partial charge in [-0.3, -0.25) is 0 Å². The minimum atomic E-state index is -0.593. The molecule has 1 aliphatic rings. The third kappa shape index (κ3) is 1.95. The standard InChI is InChI=1S/C9H9BrO2S/c10-8-4-6(5-13-8)9(11)7-2-1-3-12-7/h2,4-5,9,11H,1,3H2. The molecule has 2 rings (SSSR count). The zero-order valence-electron chi connectivity index (χ0n) is 6.87. The highest BCUT2D eigenvalue weighted by molar-refractivity contribution is 9.11. The second-order valence-electron chi connectivity index (χ2n) is 2.83. The van der Waals surface area contributed by atoms with Gasteiger partial charge in [-0.05, 0) is 39.0 Å². The molecule has 1 N–H and O–H groups in total. The van der Waals surface area contributed by atoms with Crippen molar-refractivity contribution in [3.63, 3.8) is 0 Å². The summed E-state index contributed by atoms with van der Waals surface area (Å²) in [6, 6.07) is 1.91. The van der Waals surface area contributed by atoms with E-state index < -0.39 is 6.10 Å². The zero-order chi connectivity index (χ0) is 9.26. The average Bonchev–Trinajstić information content (AvgIpc) is 2.72. The third-order valence-corrected chi connectivity index (χ3v) is 3.43. The molecule has 1 unspecified atom stereocenters. The Balaban J connectivity index is 2.16. The van der Waals surface area contributed by atoms with Crippen molar-refractivity contribution in [2.24, 2.45) is 0 Å². The van der Waals surface area contributed by atoms with Gasteiger partial charge in [0.25, 0.3) is 0 Å². The Bertz CT molecular complexity index is 332. The van der Waals surface area contributed by atoms with Crippen molar-refractivity contribution in [1.82, 2.24) is 0 Å². The van der Waals surface area contributed by atoms with E-state index in [1.807, 2.05) is 17.5 Å². The average molecular weight is 261 g/mol. The van der Waals surface area contributed by atoms with Gasteiger partial charge < -0.3 is 9.84 Å². The van der Waals surface area contributed by atoms with Crippen molar-refractivity contribution in [2.75, 3.05) is 6.61 Å². The largest absolute Gasteiger partial charge is 0.495 e. The summed E-state index contributed by atoms with van der Waals surface area (Å²) in [4.78, 5) is 0. The molecular weight excluding hydrogens is 252 g/mol. The van der Waals surface area contributed by atoms with Gasteiger partial charge in [0.05, 0.1) is 10.4 Å². The lowest BCUT2D eigenvalue weighted by molar-refractivity contribution is 0.119. The van der Waals surface area contributed by atoms with Crippen LogP contribution in [0.1, 0.15) is 18.1 Å². The normalized spacial score (nSPS) is 18.2. The first-order chi connectivity index (χ1) is 6.27. The van der Waals surface area contributed by atoms with E-state index in [9.17, 15) is 5.11 Å². The summed E-state index contributed by atoms with van der Waals surface area (Å²) < 4.78 is 6.31. The molecule has 13 heavy (non-hydrogen) atoms. The first kappa shape index (κ1) is 9.24. The highest BCUT2D eigenvalue weighted by atomic mass is 79.9. The highest BCUT2D eigenvalue weighted by Gasteiger charge is 2.18. The van der Waals surface area contributed by atoms with Crippen LogP contribution in [0.5, 0.6) is 0 Å². The van der Waals surface area contributed by atoms with E-state index in [0.29, 0.717) is 12.4 Å². The summed E-state index contributed by atoms with van der Waals surface area (Å²) in [5.41, 5.74) is 0.894. The van der Waals surface area contributed by atoms with Crippen LogP contribution in [0.4, 0.5) is 0 Å². The predicted molar refractivity (Wildman–Crippen MR) is 55.6 cm³/mol. The van der Waals surface area contributed by atoms with Crippen molar-refractivity contribution >= 4 is 27.3 Å². The van der Waals surface area contributed by atoms with Crippen molar-refractivity contribution in [2.45, 2.75) is 12.5 Å². The first-order valence-electron chi connectivity index (χ1n) is 4.02. The lowest BCUT2D eigenvalue weighted by Crippen LogP contribution is -2.00. The Hall–Kier alpha value is -0.320. The molecule has 0 aromatic carbocycles. The fraction of sp³-hybridized carbons (Fsp3) is 0.333. The number of aliphatic hydroxyl groups excluding tert-OH is 1. The number of halogens is 1. The monoisotopic (exact) mass is 260 g/mol. The second kappa shape index (κ2) is 3.82. The molecule has 0 saturated carbocycles. The summed E-state index contributed by atoms with van der Waals surface area (Å²) in [6.45, 7) is 0.692. The smallest absolute Gasteiger partial charge is 0.137 e. The molecule has 0 amide bonds. The molecule has 2 nitrogen and oxygen atoms in total. The minimum absolute atomic E-state index is 0.593. The summed E-state index contributed by atoms with van der Waals surface area (Å²) >= 11 is 4.92. The first-order valence-corrected chi connectivity index (χ1v) is 5.69. The van der Waals surface area contributed by atoms with Crippen LogP contribution in [-0.4, -0.2) is 11.7 Å². The number of hydrogen-bond donors (Lipinski definition) is 1. The van der Waals surface area contributed by atoms with Gasteiger partial charge in [0.1, 0.15) is 11.9 Å². The lowest BCUT2D eigenvalue weighted by atomic mass is 10.1. The molecule has 4 heteroatoms. The summed E-state index contributed by atoms with van der Waals surface area (Å²) in [6.07, 6.45) is 2.25. The van der Waals surface area contributed by atoms with E-state index in [4.69, 9.17) is 4.74 Å². The van der Waals surface area contributed by atoms with Crippen molar-refractivity contribution in [3.8, 4) is 0 Å². The van der Waals surface area contributed by atoms with E-state index in [1.54, 1.807) is 11.3 Å². The lowest BCUT2D eigenvalue weighted by Gasteiger charge is -2.09. The Labute approximate surface area is 89.0 Å². The Morgan fingerprint density at radius 2 is 2.46 bits per heavy atom. The van der Waals surface area contributed by atoms with Gasteiger partial charge in [0.15, 0.2) is 0 Å². The van der Waals surface area contributed by atoms with Gasteiger partial charge in [-0.2, -0.15) is 0 Å². The summed E-state index contributed by atoms with van der Waals surface area (Å²) in [7, 11) is 0. The molecule has 1 aromatic heterocycles. The Morgan fingerprint density at radius 3 is 3.00 bits per heavy atom. The maximum atomic E-state index is 9.83. The molecule has 0 spiro atoms. The second-order valence-corrected chi connectivity index (χ2v) is 5.12. The molecule has 1 aromatic rings. The summed E-state index contributed by atoms with van der Waals surface area (Å²) in [5, 5.41) is 11.8. The van der Waals surface area contributed by atoms with Crippen LogP contribution in [0.2, 0.25) is 0 Å². The quantitative estimate of drug-likeness (QED) is 0.887. The van der Waals surface area contributed by atoms with Crippen LogP contribution in [0.3, 0.4) is 0 Å². The number of hydrogen-bond acceptors (Lipinski definition) is 3. The number of aliphatic hydroxyl groups is 1. The van der Waals surface area contributed by atoms with E-state index >= 15 is 0 Å². The van der Waals surface area contributed by atoms with Gasteiger partial charge in [0, 0.05) is 6.42 Å². The summed E-state index contributed by atoms with van der Waals surface area (Å²) in [5.74, 6) is 0.685. The molecule has 0 aliphatic carbocycles. The van der Waals surface area contributed by atoms with Crippen LogP contribution in [-0.2, 0) is 4.74 Å². The van der Waals surface area contributed by atoms with Crippen LogP contribution >= 0.6 is 27.3 Å². The van der Waals surface area contributed by atoms with Crippen LogP contribution in [0.15, 0.2) is 27.1 Å². The van der Waals surface area contributed by atoms with E-state index in [1.165, 1.54) is 0 Å². The molecule has 0 fully saturated rings. The van der Waals surface area contributed by atoms with E-state index in [-0.39, 0.29) is 0 Å². The van der Waals surface area contributed by atoms with Crippen LogP contribution in [0.25, 0.3) is 0 Å². The fourth-order valence-electron chi connectivity index (χ4n) is 1.26. The maximum Gasteiger partial charge on any atom is 0.137 e. The van der Waals surface area contributed by atoms with E-state index in [2.05, 4.69) is 15.9 Å². The van der Waals surface area contributed by atoms with Gasteiger partial charge >= 0.3 is 0 Å². The van der Waals surface area contributed by atoms with Crippen LogP contribution < -0.4 is 0 Å². The molecule has 2 heterocycles. The van der Waals surface area contributed by atoms with Crippen LogP contribution in [0, 0.1) is 0 Å². The van der Waals surface area contributed by atoms with Gasteiger partial charge in [-0.15, -0.1) is 11.3 Å². The molecule has 0 bridgehead atoms. The van der Waals surface area contributed by atoms with Crippen molar-refractivity contribution in [3.05, 3.63) is 32.6 Å². The Morgan fingerprint density at radius 1 is 1.62 bits per heavy atom.